The summed E-state index contributed by atoms with van der Waals surface area (Å²) in [5.74, 6) is 0. The molecule has 10 aromatic rings. The van der Waals surface area contributed by atoms with Gasteiger partial charge >= 0.3 is 0 Å². The van der Waals surface area contributed by atoms with Gasteiger partial charge in [-0.25, -0.2) is 0 Å². The zero-order valence-corrected chi connectivity index (χ0v) is 38.8. The lowest BCUT2D eigenvalue weighted by atomic mass is 9.33. The van der Waals surface area contributed by atoms with Crippen molar-refractivity contribution in [3.63, 3.8) is 0 Å². The third-order valence-corrected chi connectivity index (χ3v) is 14.1. The van der Waals surface area contributed by atoms with E-state index in [1.165, 1.54) is 55.8 Å². The topological polar surface area (TPSA) is 32.8 Å². The van der Waals surface area contributed by atoms with Gasteiger partial charge in [0.05, 0.1) is 5.69 Å². The normalized spacial score (nSPS) is 13.8. The summed E-state index contributed by atoms with van der Waals surface area (Å²) in [5.41, 5.74) is 20.4. The van der Waals surface area contributed by atoms with Gasteiger partial charge < -0.3 is 18.6 Å². The van der Waals surface area contributed by atoms with Crippen LogP contribution in [0.1, 0.15) is 79.0 Å². The number of rotatable bonds is 3. The highest BCUT2D eigenvalue weighted by Gasteiger charge is 2.45. The number of hydrogen-bond donors (Lipinski definition) is 0. The van der Waals surface area contributed by atoms with Crippen molar-refractivity contribution in [2.75, 3.05) is 9.80 Å². The van der Waals surface area contributed by atoms with Crippen LogP contribution in [0.25, 0.3) is 55.0 Å². The van der Waals surface area contributed by atoms with Crippen molar-refractivity contribution in [2.45, 2.75) is 78.6 Å². The van der Waals surface area contributed by atoms with E-state index in [-0.39, 0.29) is 23.0 Å². The van der Waals surface area contributed by atoms with Gasteiger partial charge in [0.2, 0.25) is 0 Å². The minimum absolute atomic E-state index is 0.0176. The molecule has 12 rings (SSSR count). The van der Waals surface area contributed by atoms with E-state index in [1.54, 1.807) is 0 Å². The maximum atomic E-state index is 6.87. The van der Waals surface area contributed by atoms with Crippen molar-refractivity contribution in [3.8, 4) is 11.1 Å². The molecule has 0 N–H and O–H groups in total. The quantitative estimate of drug-likeness (QED) is 0.166. The van der Waals surface area contributed by atoms with Crippen LogP contribution in [-0.4, -0.2) is 6.71 Å². The highest BCUT2D eigenvalue weighted by molar-refractivity contribution is 7.00. The summed E-state index contributed by atoms with van der Waals surface area (Å²) in [4.78, 5) is 5.06. The minimum Gasteiger partial charge on any atom is -0.455 e. The van der Waals surface area contributed by atoms with E-state index >= 15 is 0 Å². The zero-order valence-electron chi connectivity index (χ0n) is 38.8. The second kappa shape index (κ2) is 13.8. The first-order valence-electron chi connectivity index (χ1n) is 23.1. The van der Waals surface area contributed by atoms with Crippen LogP contribution in [0.15, 0.2) is 167 Å². The molecule has 0 spiro atoms. The van der Waals surface area contributed by atoms with E-state index in [2.05, 4.69) is 224 Å². The summed E-state index contributed by atoms with van der Waals surface area (Å²) in [6.45, 7) is 20.9. The SMILES string of the molecule is CC(C)(C)c1ccc2c(c1)B1c3cc(C(C)(C)C)ccc3N(c3cccc4c3oc3ccccc34)c3cc(C(C)(C)C)cc(c31)N2c1ccc(-c2cccc3c2oc2ccccc23)cc1. The standard InChI is InChI=1S/C60H53BN2O2/c1-58(2,3)37-26-30-48-46(32-37)61-47-33-38(59(4,5)6)27-31-49(47)63(50-21-15-20-45-43-17-11-13-23-54(43)65-57(45)50)52-35-39(60(7,8)9)34-51(55(52)61)62(48)40-28-24-36(25-29-40)41-18-14-19-44-42-16-10-12-22-53(42)64-56(41)44/h10-35H,1-9H3. The third-order valence-electron chi connectivity index (χ3n) is 14.1. The van der Waals surface area contributed by atoms with Crippen molar-refractivity contribution < 1.29 is 8.83 Å². The molecule has 4 heterocycles. The Hall–Kier alpha value is -6.98. The lowest BCUT2D eigenvalue weighted by Crippen LogP contribution is -2.61. The Labute approximate surface area is 382 Å². The molecule has 5 heteroatoms. The van der Waals surface area contributed by atoms with Gasteiger partial charge in [-0.05, 0) is 109 Å². The highest BCUT2D eigenvalue weighted by atomic mass is 16.3. The Kier molecular flexibility index (Phi) is 8.39. The summed E-state index contributed by atoms with van der Waals surface area (Å²) in [6.07, 6.45) is 0. The lowest BCUT2D eigenvalue weighted by molar-refractivity contribution is 0.590. The molecule has 0 amide bonds. The summed E-state index contributed by atoms with van der Waals surface area (Å²) in [5, 5.41) is 4.52. The van der Waals surface area contributed by atoms with Gasteiger partial charge in [0.1, 0.15) is 16.7 Å². The Bertz CT molecular complexity index is 3570. The molecule has 2 aliphatic rings. The fourth-order valence-corrected chi connectivity index (χ4v) is 10.6. The molecule has 318 valence electrons. The van der Waals surface area contributed by atoms with Crippen LogP contribution >= 0.6 is 0 Å². The molecular formula is C60H53BN2O2. The molecular weight excluding hydrogens is 791 g/mol. The van der Waals surface area contributed by atoms with Gasteiger partial charge in [0.15, 0.2) is 5.58 Å². The van der Waals surface area contributed by atoms with Crippen LogP contribution in [-0.2, 0) is 16.2 Å². The van der Waals surface area contributed by atoms with Crippen molar-refractivity contribution in [1.82, 2.24) is 0 Å². The molecule has 0 aliphatic carbocycles. The van der Waals surface area contributed by atoms with Gasteiger partial charge in [0.25, 0.3) is 6.71 Å². The van der Waals surface area contributed by atoms with E-state index in [0.717, 1.165) is 66.4 Å². The Morgan fingerprint density at radius 2 is 0.877 bits per heavy atom. The second-order valence-corrected chi connectivity index (χ2v) is 21.4. The van der Waals surface area contributed by atoms with Crippen molar-refractivity contribution >= 4 is 101 Å². The first kappa shape index (κ1) is 39.6. The number of furan rings is 2. The average molecular weight is 845 g/mol. The molecule has 65 heavy (non-hydrogen) atoms. The summed E-state index contributed by atoms with van der Waals surface area (Å²) in [7, 11) is 0. The average Bonchev–Trinajstić information content (AvgIpc) is 3.87. The fraction of sp³-hybridized carbons (Fsp3) is 0.200. The van der Waals surface area contributed by atoms with Gasteiger partial charge in [-0.3, -0.25) is 0 Å². The Morgan fingerprint density at radius 3 is 1.46 bits per heavy atom. The molecule has 0 bridgehead atoms. The van der Waals surface area contributed by atoms with Crippen LogP contribution in [0.5, 0.6) is 0 Å². The number of benzene rings is 8. The molecule has 0 saturated carbocycles. The van der Waals surface area contributed by atoms with Gasteiger partial charge in [-0.1, -0.05) is 165 Å². The third kappa shape index (κ3) is 6.04. The molecule has 0 saturated heterocycles. The second-order valence-electron chi connectivity index (χ2n) is 21.4. The highest BCUT2D eigenvalue weighted by Crippen LogP contribution is 2.49. The van der Waals surface area contributed by atoms with E-state index in [4.69, 9.17) is 8.83 Å². The number of fused-ring (bicyclic) bond motifs is 10. The number of nitrogens with zero attached hydrogens (tertiary/aromatic N) is 2. The van der Waals surface area contributed by atoms with E-state index < -0.39 is 0 Å². The van der Waals surface area contributed by atoms with E-state index in [9.17, 15) is 0 Å². The smallest absolute Gasteiger partial charge is 0.252 e. The molecule has 4 nitrogen and oxygen atoms in total. The summed E-state index contributed by atoms with van der Waals surface area (Å²) >= 11 is 0. The summed E-state index contributed by atoms with van der Waals surface area (Å²) < 4.78 is 13.4. The van der Waals surface area contributed by atoms with Crippen LogP contribution in [0.2, 0.25) is 0 Å². The zero-order chi connectivity index (χ0) is 44.7. The van der Waals surface area contributed by atoms with Crippen LogP contribution < -0.4 is 26.2 Å². The lowest BCUT2D eigenvalue weighted by Gasteiger charge is -2.45. The maximum Gasteiger partial charge on any atom is 0.252 e. The first-order valence-corrected chi connectivity index (χ1v) is 23.1. The predicted molar refractivity (Wildman–Crippen MR) is 277 cm³/mol. The fourth-order valence-electron chi connectivity index (χ4n) is 10.6. The Balaban J connectivity index is 1.15. The monoisotopic (exact) mass is 844 g/mol. The van der Waals surface area contributed by atoms with E-state index in [0.29, 0.717) is 0 Å². The Morgan fingerprint density at radius 1 is 0.385 bits per heavy atom. The van der Waals surface area contributed by atoms with E-state index in [1.807, 2.05) is 6.07 Å². The van der Waals surface area contributed by atoms with Gasteiger partial charge in [-0.2, -0.15) is 0 Å². The molecule has 0 unspecified atom stereocenters. The van der Waals surface area contributed by atoms with Crippen molar-refractivity contribution in [2.24, 2.45) is 0 Å². The molecule has 0 radical (unpaired) electrons. The van der Waals surface area contributed by atoms with Crippen LogP contribution in [0, 0.1) is 0 Å². The van der Waals surface area contributed by atoms with Gasteiger partial charge in [0, 0.05) is 55.5 Å². The maximum absolute atomic E-state index is 6.87. The van der Waals surface area contributed by atoms with Crippen molar-refractivity contribution in [3.05, 3.63) is 174 Å². The van der Waals surface area contributed by atoms with Gasteiger partial charge in [-0.15, -0.1) is 0 Å². The molecule has 0 atom stereocenters. The largest absolute Gasteiger partial charge is 0.455 e. The molecule has 8 aromatic carbocycles. The molecule has 2 aromatic heterocycles. The number of para-hydroxylation sites is 4. The number of anilines is 6. The molecule has 0 fully saturated rings. The molecule has 2 aliphatic heterocycles. The number of hydrogen-bond acceptors (Lipinski definition) is 4. The van der Waals surface area contributed by atoms with Crippen molar-refractivity contribution in [1.29, 1.82) is 0 Å². The van der Waals surface area contributed by atoms with Crippen LogP contribution in [0.4, 0.5) is 34.1 Å². The predicted octanol–water partition coefficient (Wildman–Crippen LogP) is 15.1. The first-order chi connectivity index (χ1) is 31.1. The minimum atomic E-state index is -0.147. The summed E-state index contributed by atoms with van der Waals surface area (Å²) in [6, 6.07) is 58.5. The van der Waals surface area contributed by atoms with Crippen LogP contribution in [0.3, 0.4) is 0 Å².